The van der Waals surface area contributed by atoms with Crippen LogP contribution in [0.5, 0.6) is 0 Å². The Morgan fingerprint density at radius 3 is 2.65 bits per heavy atom. The molecular weight excluding hydrogens is 274 g/mol. The third-order valence-electron chi connectivity index (χ3n) is 4.24. The molecule has 20 heavy (non-hydrogen) atoms. The van der Waals surface area contributed by atoms with Gasteiger partial charge in [0.15, 0.2) is 0 Å². The molecule has 0 bridgehead atoms. The van der Waals surface area contributed by atoms with Gasteiger partial charge in [-0.3, -0.25) is 0 Å². The third-order valence-corrected chi connectivity index (χ3v) is 5.95. The summed E-state index contributed by atoms with van der Waals surface area (Å²) in [5.41, 5.74) is 0. The predicted octanol–water partition coefficient (Wildman–Crippen LogP) is 1.33. The molecule has 2 aliphatic rings. The van der Waals surface area contributed by atoms with Crippen molar-refractivity contribution in [2.45, 2.75) is 52.0 Å². The smallest absolute Gasteiger partial charge is 0.279 e. The standard InChI is InChI=1S/C14H29N3O2S/c1-3-15-10-14-5-4-8-17(11-14)20(18,19)16-12(2)9-13-6-7-13/h12-16H,3-11H2,1-2H3. The van der Waals surface area contributed by atoms with Crippen LogP contribution in [0, 0.1) is 11.8 Å². The predicted molar refractivity (Wildman–Crippen MR) is 81.7 cm³/mol. The molecule has 0 aromatic carbocycles. The van der Waals surface area contributed by atoms with E-state index in [1.54, 1.807) is 4.31 Å². The van der Waals surface area contributed by atoms with Gasteiger partial charge in [0.1, 0.15) is 0 Å². The van der Waals surface area contributed by atoms with Gasteiger partial charge in [0.25, 0.3) is 10.2 Å². The molecule has 1 saturated heterocycles. The molecule has 0 amide bonds. The van der Waals surface area contributed by atoms with Crippen molar-refractivity contribution in [1.29, 1.82) is 0 Å². The van der Waals surface area contributed by atoms with Crippen LogP contribution >= 0.6 is 0 Å². The normalized spacial score (nSPS) is 26.6. The summed E-state index contributed by atoms with van der Waals surface area (Å²) in [5, 5.41) is 3.32. The third kappa shape index (κ3) is 4.98. The summed E-state index contributed by atoms with van der Waals surface area (Å²) < 4.78 is 29.3. The Kier molecular flexibility index (Phi) is 5.84. The first-order valence-corrected chi connectivity index (χ1v) is 9.43. The topological polar surface area (TPSA) is 61.4 Å². The molecule has 2 unspecified atom stereocenters. The molecule has 2 atom stereocenters. The summed E-state index contributed by atoms with van der Waals surface area (Å²) in [5.74, 6) is 1.19. The fourth-order valence-corrected chi connectivity index (χ4v) is 4.52. The van der Waals surface area contributed by atoms with Crippen LogP contribution in [0.25, 0.3) is 0 Å². The Hall–Kier alpha value is -0.170. The van der Waals surface area contributed by atoms with E-state index in [-0.39, 0.29) is 6.04 Å². The van der Waals surface area contributed by atoms with E-state index in [1.165, 1.54) is 12.8 Å². The molecule has 1 saturated carbocycles. The minimum absolute atomic E-state index is 0.0571. The summed E-state index contributed by atoms with van der Waals surface area (Å²) in [6.45, 7) is 7.24. The molecule has 2 N–H and O–H groups in total. The molecule has 0 spiro atoms. The van der Waals surface area contributed by atoms with Crippen molar-refractivity contribution < 1.29 is 8.42 Å². The van der Waals surface area contributed by atoms with Crippen LogP contribution in [0.2, 0.25) is 0 Å². The second-order valence-electron chi connectivity index (χ2n) is 6.38. The summed E-state index contributed by atoms with van der Waals surface area (Å²) in [7, 11) is -3.30. The molecule has 1 aliphatic carbocycles. The molecule has 1 heterocycles. The van der Waals surface area contributed by atoms with Crippen LogP contribution in [0.4, 0.5) is 0 Å². The second-order valence-corrected chi connectivity index (χ2v) is 8.08. The van der Waals surface area contributed by atoms with Crippen LogP contribution in [-0.4, -0.2) is 44.9 Å². The summed E-state index contributed by atoms with van der Waals surface area (Å²) in [6.07, 6.45) is 5.60. The maximum atomic E-state index is 12.4. The SMILES string of the molecule is CCNCC1CCCN(S(=O)(=O)NC(C)CC2CC2)C1. The van der Waals surface area contributed by atoms with E-state index in [0.29, 0.717) is 19.0 Å². The summed E-state index contributed by atoms with van der Waals surface area (Å²) in [6, 6.07) is 0.0571. The number of nitrogens with zero attached hydrogens (tertiary/aromatic N) is 1. The first kappa shape index (κ1) is 16.2. The average molecular weight is 303 g/mol. The zero-order valence-electron chi connectivity index (χ0n) is 12.8. The maximum absolute atomic E-state index is 12.4. The number of hydrogen-bond acceptors (Lipinski definition) is 3. The zero-order chi connectivity index (χ0) is 14.6. The van der Waals surface area contributed by atoms with Gasteiger partial charge in [0.05, 0.1) is 0 Å². The molecule has 6 heteroatoms. The quantitative estimate of drug-likeness (QED) is 0.711. The molecular formula is C14H29N3O2S. The Bertz CT molecular complexity index is 395. The average Bonchev–Trinajstić information content (AvgIpc) is 3.20. The molecule has 0 aromatic rings. The molecule has 5 nitrogen and oxygen atoms in total. The molecule has 2 fully saturated rings. The van der Waals surface area contributed by atoms with Crippen LogP contribution in [0.15, 0.2) is 0 Å². The van der Waals surface area contributed by atoms with E-state index in [1.807, 2.05) is 6.92 Å². The first-order valence-electron chi connectivity index (χ1n) is 7.99. The highest BCUT2D eigenvalue weighted by molar-refractivity contribution is 7.87. The van der Waals surface area contributed by atoms with Gasteiger partial charge in [-0.25, -0.2) is 0 Å². The highest BCUT2D eigenvalue weighted by atomic mass is 32.2. The second kappa shape index (κ2) is 7.20. The lowest BCUT2D eigenvalue weighted by molar-refractivity contribution is 0.257. The highest BCUT2D eigenvalue weighted by Crippen LogP contribution is 2.33. The van der Waals surface area contributed by atoms with Crippen molar-refractivity contribution in [3.8, 4) is 0 Å². The molecule has 0 radical (unpaired) electrons. The number of nitrogens with one attached hydrogen (secondary N) is 2. The van der Waals surface area contributed by atoms with Crippen LogP contribution in [-0.2, 0) is 10.2 Å². The summed E-state index contributed by atoms with van der Waals surface area (Å²) >= 11 is 0. The Balaban J connectivity index is 1.83. The maximum Gasteiger partial charge on any atom is 0.279 e. The van der Waals surface area contributed by atoms with Crippen molar-refractivity contribution in [2.75, 3.05) is 26.2 Å². The monoisotopic (exact) mass is 303 g/mol. The van der Waals surface area contributed by atoms with E-state index in [9.17, 15) is 8.42 Å². The minimum atomic E-state index is -3.30. The number of hydrogen-bond donors (Lipinski definition) is 2. The van der Waals surface area contributed by atoms with Crippen molar-refractivity contribution in [3.05, 3.63) is 0 Å². The van der Waals surface area contributed by atoms with Gasteiger partial charge in [-0.2, -0.15) is 17.4 Å². The van der Waals surface area contributed by atoms with Gasteiger partial charge in [-0.05, 0) is 51.1 Å². The van der Waals surface area contributed by atoms with Gasteiger partial charge in [-0.1, -0.05) is 19.8 Å². The van der Waals surface area contributed by atoms with Crippen molar-refractivity contribution in [2.24, 2.45) is 11.8 Å². The highest BCUT2D eigenvalue weighted by Gasteiger charge is 2.31. The van der Waals surface area contributed by atoms with Crippen molar-refractivity contribution >= 4 is 10.2 Å². The van der Waals surface area contributed by atoms with Gasteiger partial charge in [-0.15, -0.1) is 0 Å². The van der Waals surface area contributed by atoms with Crippen molar-refractivity contribution in [3.63, 3.8) is 0 Å². The molecule has 0 aromatic heterocycles. The van der Waals surface area contributed by atoms with E-state index in [2.05, 4.69) is 17.0 Å². The Morgan fingerprint density at radius 2 is 2.00 bits per heavy atom. The molecule has 2 rings (SSSR count). The van der Waals surface area contributed by atoms with Gasteiger partial charge in [0.2, 0.25) is 0 Å². The lowest BCUT2D eigenvalue weighted by Gasteiger charge is -2.32. The first-order chi connectivity index (χ1) is 9.51. The fraction of sp³-hybridized carbons (Fsp3) is 1.00. The van der Waals surface area contributed by atoms with Crippen molar-refractivity contribution in [1.82, 2.24) is 14.3 Å². The van der Waals surface area contributed by atoms with Gasteiger partial charge >= 0.3 is 0 Å². The van der Waals surface area contributed by atoms with E-state index in [4.69, 9.17) is 0 Å². The van der Waals surface area contributed by atoms with Crippen LogP contribution < -0.4 is 10.0 Å². The Morgan fingerprint density at radius 1 is 1.25 bits per heavy atom. The van der Waals surface area contributed by atoms with Gasteiger partial charge < -0.3 is 5.32 Å². The lowest BCUT2D eigenvalue weighted by Crippen LogP contribution is -2.49. The summed E-state index contributed by atoms with van der Waals surface area (Å²) in [4.78, 5) is 0. The van der Waals surface area contributed by atoms with Crippen LogP contribution in [0.3, 0.4) is 0 Å². The zero-order valence-corrected chi connectivity index (χ0v) is 13.6. The lowest BCUT2D eigenvalue weighted by atomic mass is 10.00. The minimum Gasteiger partial charge on any atom is -0.317 e. The van der Waals surface area contributed by atoms with E-state index < -0.39 is 10.2 Å². The number of piperidine rings is 1. The number of rotatable bonds is 8. The largest absolute Gasteiger partial charge is 0.317 e. The van der Waals surface area contributed by atoms with Crippen LogP contribution in [0.1, 0.15) is 46.0 Å². The van der Waals surface area contributed by atoms with E-state index in [0.717, 1.165) is 38.3 Å². The van der Waals surface area contributed by atoms with Gasteiger partial charge in [0, 0.05) is 19.1 Å². The van der Waals surface area contributed by atoms with E-state index >= 15 is 0 Å². The molecule has 1 aliphatic heterocycles. The fourth-order valence-electron chi connectivity index (χ4n) is 2.99. The molecule has 118 valence electrons. The Labute approximate surface area is 123 Å².